The summed E-state index contributed by atoms with van der Waals surface area (Å²) >= 11 is 0. The fourth-order valence-corrected chi connectivity index (χ4v) is 1.58. The molecule has 1 N–H and O–H groups in total. The molecule has 0 aliphatic carbocycles. The van der Waals surface area contributed by atoms with Crippen LogP contribution in [0.5, 0.6) is 0 Å². The van der Waals surface area contributed by atoms with Crippen LogP contribution in [-0.2, 0) is 10.9 Å². The van der Waals surface area contributed by atoms with Crippen LogP contribution in [0.2, 0.25) is 0 Å². The Bertz CT molecular complexity index is 464. The number of ether oxygens (including phenoxy) is 1. The molecule has 0 spiro atoms. The Morgan fingerprint density at radius 2 is 2.10 bits per heavy atom. The number of hydrogen-bond donors (Lipinski definition) is 1. The average Bonchev–Trinajstić information content (AvgIpc) is 2.37. The first-order valence-electron chi connectivity index (χ1n) is 6.03. The van der Waals surface area contributed by atoms with Gasteiger partial charge in [0.25, 0.3) is 5.69 Å². The van der Waals surface area contributed by atoms with E-state index in [0.29, 0.717) is 26.2 Å². The molecule has 0 unspecified atom stereocenters. The van der Waals surface area contributed by atoms with Gasteiger partial charge in [0, 0.05) is 31.5 Å². The fourth-order valence-electron chi connectivity index (χ4n) is 1.58. The van der Waals surface area contributed by atoms with E-state index in [0.717, 1.165) is 12.1 Å². The smallest absolute Gasteiger partial charge is 0.385 e. The molecule has 1 aromatic rings. The Balaban J connectivity index is 2.77. The first kappa shape index (κ1) is 16.2. The van der Waals surface area contributed by atoms with E-state index in [9.17, 15) is 23.3 Å². The third-order valence-electron chi connectivity index (χ3n) is 2.50. The van der Waals surface area contributed by atoms with E-state index in [-0.39, 0.29) is 5.69 Å². The summed E-state index contributed by atoms with van der Waals surface area (Å²) in [5.41, 5.74) is -2.01. The second kappa shape index (κ2) is 7.09. The zero-order valence-corrected chi connectivity index (χ0v) is 10.9. The van der Waals surface area contributed by atoms with Gasteiger partial charge >= 0.3 is 6.18 Å². The van der Waals surface area contributed by atoms with Gasteiger partial charge in [-0.1, -0.05) is 0 Å². The van der Waals surface area contributed by atoms with Crippen LogP contribution in [0.3, 0.4) is 0 Å². The maximum atomic E-state index is 12.7. The molecule has 5 nitrogen and oxygen atoms in total. The Labute approximate surface area is 113 Å². The third kappa shape index (κ3) is 4.69. The Hall–Kier alpha value is -1.83. The number of halogens is 3. The molecule has 112 valence electrons. The van der Waals surface area contributed by atoms with Crippen molar-refractivity contribution in [3.05, 3.63) is 33.9 Å². The van der Waals surface area contributed by atoms with Gasteiger partial charge in [-0.15, -0.1) is 0 Å². The largest absolute Gasteiger partial charge is 0.423 e. The Morgan fingerprint density at radius 1 is 1.40 bits per heavy atom. The molecule has 8 heteroatoms. The number of nitro groups is 1. The van der Waals surface area contributed by atoms with E-state index in [1.165, 1.54) is 6.07 Å². The number of hydrogen-bond acceptors (Lipinski definition) is 4. The van der Waals surface area contributed by atoms with Crippen molar-refractivity contribution < 1.29 is 22.8 Å². The van der Waals surface area contributed by atoms with E-state index >= 15 is 0 Å². The quantitative estimate of drug-likeness (QED) is 0.475. The van der Waals surface area contributed by atoms with Gasteiger partial charge in [-0.25, -0.2) is 0 Å². The number of alkyl halides is 3. The first-order chi connectivity index (χ1) is 9.36. The molecule has 0 aromatic heterocycles. The molecule has 1 aromatic carbocycles. The summed E-state index contributed by atoms with van der Waals surface area (Å²) in [4.78, 5) is 9.54. The van der Waals surface area contributed by atoms with Crippen LogP contribution in [0.25, 0.3) is 0 Å². The summed E-state index contributed by atoms with van der Waals surface area (Å²) in [6.45, 7) is 3.35. The molecule has 0 saturated heterocycles. The summed E-state index contributed by atoms with van der Waals surface area (Å²) in [6.07, 6.45) is -4.13. The van der Waals surface area contributed by atoms with Crippen molar-refractivity contribution in [2.75, 3.05) is 25.1 Å². The lowest BCUT2D eigenvalue weighted by Crippen LogP contribution is -2.11. The molecular formula is C12H15F3N2O3. The lowest BCUT2D eigenvalue weighted by atomic mass is 10.1. The van der Waals surface area contributed by atoms with Crippen LogP contribution in [0.4, 0.5) is 24.5 Å². The minimum absolute atomic E-state index is 0.194. The van der Waals surface area contributed by atoms with Crippen LogP contribution >= 0.6 is 0 Å². The highest BCUT2D eigenvalue weighted by Crippen LogP contribution is 2.37. The molecule has 0 radical (unpaired) electrons. The zero-order valence-electron chi connectivity index (χ0n) is 10.9. The van der Waals surface area contributed by atoms with Gasteiger partial charge in [-0.2, -0.15) is 13.2 Å². The number of benzene rings is 1. The molecule has 0 amide bonds. The van der Waals surface area contributed by atoms with Crippen LogP contribution in [-0.4, -0.2) is 24.7 Å². The molecule has 0 aliphatic heterocycles. The summed E-state index contributed by atoms with van der Waals surface area (Å²) in [7, 11) is 0. The predicted molar refractivity (Wildman–Crippen MR) is 67.7 cm³/mol. The molecule has 0 heterocycles. The highest BCUT2D eigenvalue weighted by atomic mass is 19.4. The van der Waals surface area contributed by atoms with Crippen molar-refractivity contribution in [2.24, 2.45) is 0 Å². The van der Waals surface area contributed by atoms with Crippen molar-refractivity contribution >= 4 is 11.4 Å². The summed E-state index contributed by atoms with van der Waals surface area (Å²) in [5.74, 6) is 0. The van der Waals surface area contributed by atoms with Crippen molar-refractivity contribution in [2.45, 2.75) is 19.5 Å². The number of anilines is 1. The second-order valence-corrected chi connectivity index (χ2v) is 3.96. The highest BCUT2D eigenvalue weighted by Gasteiger charge is 2.38. The molecule has 0 bridgehead atoms. The monoisotopic (exact) mass is 292 g/mol. The maximum absolute atomic E-state index is 12.7. The zero-order chi connectivity index (χ0) is 15.2. The maximum Gasteiger partial charge on any atom is 0.423 e. The predicted octanol–water partition coefficient (Wildman–Crippen LogP) is 3.45. The molecule has 20 heavy (non-hydrogen) atoms. The first-order valence-corrected chi connectivity index (χ1v) is 6.03. The summed E-state index contributed by atoms with van der Waals surface area (Å²) in [5, 5.41) is 13.4. The van der Waals surface area contributed by atoms with Gasteiger partial charge in [0.2, 0.25) is 0 Å². The third-order valence-corrected chi connectivity index (χ3v) is 2.50. The minimum atomic E-state index is -4.76. The number of nitro benzene ring substituents is 1. The van der Waals surface area contributed by atoms with Crippen molar-refractivity contribution in [1.29, 1.82) is 0 Å². The van der Waals surface area contributed by atoms with E-state index < -0.39 is 22.4 Å². The second-order valence-electron chi connectivity index (χ2n) is 3.96. The van der Waals surface area contributed by atoms with Gasteiger partial charge in [-0.05, 0) is 25.5 Å². The van der Waals surface area contributed by atoms with Gasteiger partial charge in [0.05, 0.1) is 4.92 Å². The minimum Gasteiger partial charge on any atom is -0.385 e. The summed E-state index contributed by atoms with van der Waals surface area (Å²) in [6, 6.07) is 2.86. The van der Waals surface area contributed by atoms with E-state index in [2.05, 4.69) is 5.32 Å². The van der Waals surface area contributed by atoms with Gasteiger partial charge in [0.1, 0.15) is 5.56 Å². The number of rotatable bonds is 7. The number of nitrogens with one attached hydrogen (secondary N) is 1. The SMILES string of the molecule is CCOCCCNc1ccc([N+](=O)[O-])c(C(F)(F)F)c1. The Kier molecular flexibility index (Phi) is 5.75. The van der Waals surface area contributed by atoms with Crippen molar-refractivity contribution in [3.8, 4) is 0 Å². The summed E-state index contributed by atoms with van der Waals surface area (Å²) < 4.78 is 43.3. The molecule has 0 aliphatic rings. The fraction of sp³-hybridized carbons (Fsp3) is 0.500. The van der Waals surface area contributed by atoms with Gasteiger partial charge in [-0.3, -0.25) is 10.1 Å². The Morgan fingerprint density at radius 3 is 2.65 bits per heavy atom. The molecular weight excluding hydrogens is 277 g/mol. The van der Waals surface area contributed by atoms with Crippen molar-refractivity contribution in [1.82, 2.24) is 0 Å². The van der Waals surface area contributed by atoms with Crippen molar-refractivity contribution in [3.63, 3.8) is 0 Å². The van der Waals surface area contributed by atoms with Gasteiger partial charge < -0.3 is 10.1 Å². The van der Waals surface area contributed by atoms with E-state index in [1.807, 2.05) is 6.92 Å². The van der Waals surface area contributed by atoms with Crippen LogP contribution in [0, 0.1) is 10.1 Å². The topological polar surface area (TPSA) is 64.4 Å². The molecule has 0 atom stereocenters. The van der Waals surface area contributed by atoms with Gasteiger partial charge in [0.15, 0.2) is 0 Å². The lowest BCUT2D eigenvalue weighted by Gasteiger charge is -2.11. The van der Waals surface area contributed by atoms with Crippen LogP contribution in [0.1, 0.15) is 18.9 Å². The molecule has 0 saturated carbocycles. The normalized spacial score (nSPS) is 11.4. The van der Waals surface area contributed by atoms with Crippen LogP contribution < -0.4 is 5.32 Å². The standard InChI is InChI=1S/C12H15F3N2O3/c1-2-20-7-3-6-16-9-4-5-11(17(18)19)10(8-9)12(13,14)15/h4-5,8,16H,2-3,6-7H2,1H3. The highest BCUT2D eigenvalue weighted by molar-refractivity contribution is 5.55. The average molecular weight is 292 g/mol. The van der Waals surface area contributed by atoms with E-state index in [1.54, 1.807) is 0 Å². The molecule has 0 fully saturated rings. The lowest BCUT2D eigenvalue weighted by molar-refractivity contribution is -0.388. The molecule has 1 rings (SSSR count). The number of nitrogens with zero attached hydrogens (tertiary/aromatic N) is 1. The van der Waals surface area contributed by atoms with E-state index in [4.69, 9.17) is 4.74 Å². The van der Waals surface area contributed by atoms with Crippen LogP contribution in [0.15, 0.2) is 18.2 Å².